The van der Waals surface area contributed by atoms with Crippen LogP contribution >= 0.6 is 0 Å². The minimum Gasteiger partial charge on any atom is -0.394 e. The number of hydrogen-bond donors (Lipinski definition) is 0. The highest BCUT2D eigenvalue weighted by molar-refractivity contribution is 7.93. The molecule has 31 heavy (non-hydrogen) atoms. The zero-order chi connectivity index (χ0) is 21.3. The first kappa shape index (κ1) is 20.0. The summed E-state index contributed by atoms with van der Waals surface area (Å²) in [5.41, 5.74) is 2.92. The van der Waals surface area contributed by atoms with Crippen LogP contribution in [-0.4, -0.2) is 43.0 Å². The summed E-state index contributed by atoms with van der Waals surface area (Å²) in [4.78, 5) is 8.02. The molecule has 3 aromatic rings. The highest BCUT2D eigenvalue weighted by atomic mass is 32.2. The SMILES string of the molecule is O=S(=O)(c1ccccc1)[C@]12CON=C1[C@H](Cc1ccccc1)N(Cc1ccccc1)C2. The Bertz CT molecular complexity index is 1180. The molecule has 0 bridgehead atoms. The number of sulfone groups is 1. The maximum absolute atomic E-state index is 13.8. The summed E-state index contributed by atoms with van der Waals surface area (Å²) in [5, 5.41) is 4.33. The molecule has 6 heteroatoms. The lowest BCUT2D eigenvalue weighted by Gasteiger charge is -2.25. The van der Waals surface area contributed by atoms with Crippen molar-refractivity contribution >= 4 is 15.5 Å². The third kappa shape index (κ3) is 3.46. The van der Waals surface area contributed by atoms with Crippen molar-refractivity contribution < 1.29 is 13.3 Å². The van der Waals surface area contributed by atoms with Gasteiger partial charge in [-0.05, 0) is 29.7 Å². The average molecular weight is 433 g/mol. The molecule has 0 saturated carbocycles. The highest BCUT2D eigenvalue weighted by Crippen LogP contribution is 2.41. The van der Waals surface area contributed by atoms with E-state index in [9.17, 15) is 8.42 Å². The number of fused-ring (bicyclic) bond motifs is 1. The van der Waals surface area contributed by atoms with Gasteiger partial charge in [0, 0.05) is 13.1 Å². The zero-order valence-corrected chi connectivity index (χ0v) is 17.9. The summed E-state index contributed by atoms with van der Waals surface area (Å²) < 4.78 is 26.5. The average Bonchev–Trinajstić information content (AvgIpc) is 3.35. The van der Waals surface area contributed by atoms with Crippen molar-refractivity contribution in [1.29, 1.82) is 0 Å². The molecule has 2 aliphatic rings. The third-order valence-corrected chi connectivity index (χ3v) is 8.59. The molecule has 5 rings (SSSR count). The molecule has 1 saturated heterocycles. The van der Waals surface area contributed by atoms with Crippen LogP contribution in [0, 0.1) is 0 Å². The Morgan fingerprint density at radius 3 is 2.10 bits per heavy atom. The second kappa shape index (κ2) is 7.94. The molecular formula is C25H24N2O3S. The predicted molar refractivity (Wildman–Crippen MR) is 121 cm³/mol. The van der Waals surface area contributed by atoms with Gasteiger partial charge >= 0.3 is 0 Å². The molecule has 1 fully saturated rings. The predicted octanol–water partition coefficient (Wildman–Crippen LogP) is 3.71. The van der Waals surface area contributed by atoms with Crippen LogP contribution in [0.1, 0.15) is 11.1 Å². The standard InChI is InChI=1S/C25H24N2O3S/c28-31(29,22-14-8-3-9-15-22)25-18-27(17-21-12-6-2-7-13-21)23(24(25)26-30-19-25)16-20-10-4-1-5-11-20/h1-15,23H,16-19H2/t23-,25+/m0/s1. The second-order valence-electron chi connectivity index (χ2n) is 8.16. The van der Waals surface area contributed by atoms with Crippen molar-refractivity contribution in [3.8, 4) is 0 Å². The van der Waals surface area contributed by atoms with Crippen molar-refractivity contribution in [2.75, 3.05) is 13.2 Å². The first-order valence-corrected chi connectivity index (χ1v) is 11.9. The molecule has 0 aliphatic carbocycles. The fraction of sp³-hybridized carbons (Fsp3) is 0.240. The Balaban J connectivity index is 1.56. The van der Waals surface area contributed by atoms with Gasteiger partial charge in [0.05, 0.1) is 10.9 Å². The lowest BCUT2D eigenvalue weighted by molar-refractivity contribution is 0.138. The number of likely N-dealkylation sites (tertiary alicyclic amines) is 1. The van der Waals surface area contributed by atoms with Crippen molar-refractivity contribution in [1.82, 2.24) is 4.90 Å². The molecule has 0 N–H and O–H groups in total. The van der Waals surface area contributed by atoms with Crippen molar-refractivity contribution in [3.05, 3.63) is 102 Å². The van der Waals surface area contributed by atoms with E-state index in [2.05, 4.69) is 34.3 Å². The Kier molecular flexibility index (Phi) is 5.12. The summed E-state index contributed by atoms with van der Waals surface area (Å²) >= 11 is 0. The molecule has 158 valence electrons. The van der Waals surface area contributed by atoms with E-state index in [-0.39, 0.29) is 12.6 Å². The first-order chi connectivity index (χ1) is 15.1. The fourth-order valence-electron chi connectivity index (χ4n) is 4.64. The van der Waals surface area contributed by atoms with Crippen LogP contribution in [0.3, 0.4) is 0 Å². The van der Waals surface area contributed by atoms with Gasteiger partial charge in [0.15, 0.2) is 14.6 Å². The number of nitrogens with zero attached hydrogens (tertiary/aromatic N) is 2. The Labute approximate surface area is 182 Å². The number of oxime groups is 1. The Morgan fingerprint density at radius 1 is 0.871 bits per heavy atom. The zero-order valence-electron chi connectivity index (χ0n) is 17.1. The summed E-state index contributed by atoms with van der Waals surface area (Å²) in [6.07, 6.45) is 0.682. The van der Waals surface area contributed by atoms with Crippen LogP contribution in [0.15, 0.2) is 101 Å². The van der Waals surface area contributed by atoms with Gasteiger partial charge in [-0.15, -0.1) is 0 Å². The van der Waals surface area contributed by atoms with Crippen LogP contribution < -0.4 is 0 Å². The molecule has 2 heterocycles. The Morgan fingerprint density at radius 2 is 1.45 bits per heavy atom. The van der Waals surface area contributed by atoms with E-state index < -0.39 is 14.6 Å². The van der Waals surface area contributed by atoms with Crippen molar-refractivity contribution in [2.24, 2.45) is 5.16 Å². The molecule has 0 unspecified atom stereocenters. The third-order valence-electron chi connectivity index (χ3n) is 6.21. The van der Waals surface area contributed by atoms with Gasteiger partial charge in [-0.25, -0.2) is 8.42 Å². The molecule has 0 amide bonds. The topological polar surface area (TPSA) is 59.0 Å². The Hall–Kier alpha value is -2.96. The van der Waals surface area contributed by atoms with Crippen LogP contribution in [0.2, 0.25) is 0 Å². The van der Waals surface area contributed by atoms with E-state index in [0.717, 1.165) is 11.1 Å². The van der Waals surface area contributed by atoms with Gasteiger partial charge < -0.3 is 4.84 Å². The molecule has 0 aromatic heterocycles. The molecular weight excluding hydrogens is 408 g/mol. The van der Waals surface area contributed by atoms with Crippen LogP contribution in [0.25, 0.3) is 0 Å². The van der Waals surface area contributed by atoms with Gasteiger partial charge in [0.25, 0.3) is 0 Å². The quantitative estimate of drug-likeness (QED) is 0.596. The van der Waals surface area contributed by atoms with Gasteiger partial charge in [0.1, 0.15) is 12.3 Å². The molecule has 3 aromatic carbocycles. The summed E-state index contributed by atoms with van der Waals surface area (Å²) in [5.74, 6) is 0. The summed E-state index contributed by atoms with van der Waals surface area (Å²) in [6, 6.07) is 28.8. The molecule has 2 atom stereocenters. The van der Waals surface area contributed by atoms with Gasteiger partial charge in [0.2, 0.25) is 0 Å². The summed E-state index contributed by atoms with van der Waals surface area (Å²) in [6.45, 7) is 1.06. The monoisotopic (exact) mass is 432 g/mol. The molecule has 5 nitrogen and oxygen atoms in total. The lowest BCUT2D eigenvalue weighted by atomic mass is 9.97. The van der Waals surface area contributed by atoms with Crippen LogP contribution in [0.4, 0.5) is 0 Å². The molecule has 2 aliphatic heterocycles. The second-order valence-corrected chi connectivity index (χ2v) is 10.4. The number of benzene rings is 3. The van der Waals surface area contributed by atoms with Gasteiger partial charge in [-0.3, -0.25) is 4.90 Å². The minimum absolute atomic E-state index is 0.0517. The van der Waals surface area contributed by atoms with Gasteiger partial charge in [-0.2, -0.15) is 0 Å². The number of rotatable bonds is 6. The van der Waals surface area contributed by atoms with E-state index in [1.54, 1.807) is 24.3 Å². The largest absolute Gasteiger partial charge is 0.394 e. The lowest BCUT2D eigenvalue weighted by Crippen LogP contribution is -2.48. The normalized spacial score (nSPS) is 23.2. The van der Waals surface area contributed by atoms with E-state index in [0.29, 0.717) is 30.1 Å². The maximum atomic E-state index is 13.8. The van der Waals surface area contributed by atoms with Crippen LogP contribution in [-0.2, 0) is 27.6 Å². The maximum Gasteiger partial charge on any atom is 0.194 e. The van der Waals surface area contributed by atoms with Gasteiger partial charge in [-0.1, -0.05) is 84.0 Å². The first-order valence-electron chi connectivity index (χ1n) is 10.4. The fourth-order valence-corrected chi connectivity index (χ4v) is 6.60. The molecule has 0 spiro atoms. The van der Waals surface area contributed by atoms with Crippen LogP contribution in [0.5, 0.6) is 0 Å². The number of hydrogen-bond acceptors (Lipinski definition) is 5. The smallest absolute Gasteiger partial charge is 0.194 e. The van der Waals surface area contributed by atoms with E-state index >= 15 is 0 Å². The minimum atomic E-state index is -3.68. The van der Waals surface area contributed by atoms with Crippen molar-refractivity contribution in [2.45, 2.75) is 28.6 Å². The highest BCUT2D eigenvalue weighted by Gasteiger charge is 2.62. The van der Waals surface area contributed by atoms with E-state index in [1.165, 1.54) is 0 Å². The molecule has 0 radical (unpaired) electrons. The van der Waals surface area contributed by atoms with E-state index in [4.69, 9.17) is 4.84 Å². The van der Waals surface area contributed by atoms with E-state index in [1.807, 2.05) is 42.5 Å². The summed E-state index contributed by atoms with van der Waals surface area (Å²) in [7, 11) is -3.68. The van der Waals surface area contributed by atoms with Crippen molar-refractivity contribution in [3.63, 3.8) is 0 Å².